The maximum atomic E-state index is 14.0. The summed E-state index contributed by atoms with van der Waals surface area (Å²) in [5, 5.41) is 12.3. The lowest BCUT2D eigenvalue weighted by Crippen LogP contribution is -2.40. The minimum Gasteiger partial charge on any atom is -0.489 e. The van der Waals surface area contributed by atoms with Gasteiger partial charge in [-0.1, -0.05) is 89.7 Å². The molecule has 0 radical (unpaired) electrons. The third kappa shape index (κ3) is 5.87. The van der Waals surface area contributed by atoms with Crippen LogP contribution in [0.3, 0.4) is 0 Å². The van der Waals surface area contributed by atoms with Crippen molar-refractivity contribution in [1.29, 1.82) is 5.26 Å². The number of aryl methyl sites for hydroxylation is 1. The van der Waals surface area contributed by atoms with E-state index in [0.717, 1.165) is 22.3 Å². The Bertz CT molecular complexity index is 2100. The summed E-state index contributed by atoms with van der Waals surface area (Å²) in [6.07, 6.45) is 1.83. The second-order valence-corrected chi connectivity index (χ2v) is 11.4. The quantitative estimate of drug-likeness (QED) is 0.263. The number of hydrogen-bond acceptors (Lipinski definition) is 6. The molecule has 216 valence electrons. The first kappa shape index (κ1) is 28.6. The van der Waals surface area contributed by atoms with E-state index in [0.29, 0.717) is 37.6 Å². The van der Waals surface area contributed by atoms with E-state index in [1.165, 1.54) is 11.3 Å². The largest absolute Gasteiger partial charge is 0.489 e. The van der Waals surface area contributed by atoms with E-state index in [4.69, 9.17) is 9.73 Å². The van der Waals surface area contributed by atoms with Gasteiger partial charge in [-0.25, -0.2) is 4.99 Å². The summed E-state index contributed by atoms with van der Waals surface area (Å²) in [6.45, 7) is 4.09. The van der Waals surface area contributed by atoms with E-state index in [1.54, 1.807) is 10.6 Å². The van der Waals surface area contributed by atoms with Crippen LogP contribution in [0.15, 0.2) is 124 Å². The Balaban J connectivity index is 1.33. The predicted octanol–water partition coefficient (Wildman–Crippen LogP) is 5.63. The molecule has 4 aromatic carbocycles. The van der Waals surface area contributed by atoms with Gasteiger partial charge in [-0.15, -0.1) is 0 Å². The molecular formula is C36H28N4O3S. The number of nitrogens with zero attached hydrogens (tertiary/aromatic N) is 3. The second kappa shape index (κ2) is 12.4. The van der Waals surface area contributed by atoms with Crippen LogP contribution in [0.25, 0.3) is 6.08 Å². The topological polar surface area (TPSA) is 96.5 Å². The Hall–Kier alpha value is -5.52. The number of nitriles is 1. The highest BCUT2D eigenvalue weighted by Crippen LogP contribution is 2.31. The summed E-state index contributed by atoms with van der Waals surface area (Å²) < 4.78 is 8.04. The van der Waals surface area contributed by atoms with E-state index in [1.807, 2.05) is 117 Å². The first-order valence-electron chi connectivity index (χ1n) is 14.1. The molecule has 5 aromatic rings. The van der Waals surface area contributed by atoms with Gasteiger partial charge in [-0.05, 0) is 61.4 Å². The lowest BCUT2D eigenvalue weighted by Gasteiger charge is -2.25. The van der Waals surface area contributed by atoms with E-state index in [9.17, 15) is 14.9 Å². The number of hydrogen-bond donors (Lipinski definition) is 1. The van der Waals surface area contributed by atoms with Gasteiger partial charge in [0.15, 0.2) is 4.80 Å². The van der Waals surface area contributed by atoms with Gasteiger partial charge in [0.2, 0.25) is 0 Å². The fourth-order valence-electron chi connectivity index (χ4n) is 5.12. The fourth-order valence-corrected chi connectivity index (χ4v) is 6.17. The summed E-state index contributed by atoms with van der Waals surface area (Å²) in [5.41, 5.74) is 5.57. The number of nitrogens with one attached hydrogen (secondary N) is 1. The Kier molecular flexibility index (Phi) is 8.04. The third-order valence-electron chi connectivity index (χ3n) is 7.40. The molecule has 1 aliphatic heterocycles. The van der Waals surface area contributed by atoms with E-state index < -0.39 is 6.04 Å². The minimum absolute atomic E-state index is 0.217. The first-order valence-corrected chi connectivity index (χ1v) is 14.9. The molecule has 8 heteroatoms. The molecule has 0 spiro atoms. The molecule has 0 fully saturated rings. The highest BCUT2D eigenvalue weighted by molar-refractivity contribution is 7.07. The summed E-state index contributed by atoms with van der Waals surface area (Å²) >= 11 is 1.30. The van der Waals surface area contributed by atoms with Gasteiger partial charge in [-0.2, -0.15) is 5.26 Å². The Morgan fingerprint density at radius 3 is 2.41 bits per heavy atom. The number of benzene rings is 4. The van der Waals surface area contributed by atoms with Gasteiger partial charge in [0, 0.05) is 11.3 Å². The van der Waals surface area contributed by atoms with Crippen molar-refractivity contribution in [1.82, 2.24) is 4.57 Å². The Labute approximate surface area is 258 Å². The van der Waals surface area contributed by atoms with Crippen molar-refractivity contribution in [3.8, 4) is 11.8 Å². The highest BCUT2D eigenvalue weighted by Gasteiger charge is 2.32. The van der Waals surface area contributed by atoms with Crippen molar-refractivity contribution in [2.75, 3.05) is 5.32 Å². The average Bonchev–Trinajstić information content (AvgIpc) is 3.34. The summed E-state index contributed by atoms with van der Waals surface area (Å²) in [4.78, 5) is 32.9. The van der Waals surface area contributed by atoms with Crippen LogP contribution in [0, 0.1) is 18.3 Å². The van der Waals surface area contributed by atoms with Crippen LogP contribution in [-0.4, -0.2) is 10.5 Å². The number of thiazole rings is 1. The number of fused-ring (bicyclic) bond motifs is 1. The molecule has 1 N–H and O–H groups in total. The van der Waals surface area contributed by atoms with Crippen LogP contribution in [0.5, 0.6) is 5.75 Å². The molecule has 0 aliphatic carbocycles. The average molecular weight is 597 g/mol. The first-order chi connectivity index (χ1) is 21.4. The number of aromatic nitrogens is 1. The molecule has 6 rings (SSSR count). The number of anilines is 1. The molecule has 0 saturated carbocycles. The van der Waals surface area contributed by atoms with Gasteiger partial charge in [0.1, 0.15) is 12.4 Å². The summed E-state index contributed by atoms with van der Waals surface area (Å²) in [5.74, 6) is 0.353. The van der Waals surface area contributed by atoms with Crippen molar-refractivity contribution in [3.63, 3.8) is 0 Å². The maximum absolute atomic E-state index is 14.0. The van der Waals surface area contributed by atoms with Gasteiger partial charge >= 0.3 is 0 Å². The molecule has 0 bridgehead atoms. The molecule has 2 heterocycles. The molecule has 1 amide bonds. The van der Waals surface area contributed by atoms with Crippen LogP contribution in [0.2, 0.25) is 0 Å². The number of amides is 1. The SMILES string of the molecule is CC1=C(C(=O)Nc2ccccc2)[C@H](c2ccc(C)cc2)n2c(s/c(=C/c3ccc(OCc4ccccc4C#N)cc3)c2=O)=N1. The zero-order valence-corrected chi connectivity index (χ0v) is 25.0. The van der Waals surface area contributed by atoms with Crippen molar-refractivity contribution in [3.05, 3.63) is 162 Å². The van der Waals surface area contributed by atoms with Gasteiger partial charge in [0.05, 0.1) is 33.5 Å². The fraction of sp³-hybridized carbons (Fsp3) is 0.111. The number of rotatable bonds is 7. The van der Waals surface area contributed by atoms with Crippen LogP contribution in [-0.2, 0) is 11.4 Å². The maximum Gasteiger partial charge on any atom is 0.271 e. The number of allylic oxidation sites excluding steroid dienone is 1. The predicted molar refractivity (Wildman–Crippen MR) is 172 cm³/mol. The van der Waals surface area contributed by atoms with Crippen LogP contribution in [0.1, 0.15) is 40.8 Å². The van der Waals surface area contributed by atoms with Gasteiger partial charge in [-0.3, -0.25) is 14.2 Å². The summed E-state index contributed by atoms with van der Waals surface area (Å²) in [7, 11) is 0. The van der Waals surface area contributed by atoms with E-state index in [-0.39, 0.29) is 18.1 Å². The van der Waals surface area contributed by atoms with Crippen molar-refractivity contribution >= 4 is 29.0 Å². The lowest BCUT2D eigenvalue weighted by molar-refractivity contribution is -0.113. The van der Waals surface area contributed by atoms with Crippen molar-refractivity contribution in [2.45, 2.75) is 26.5 Å². The zero-order chi connectivity index (χ0) is 30.6. The molecule has 0 saturated heterocycles. The third-order valence-corrected chi connectivity index (χ3v) is 8.38. The molecular weight excluding hydrogens is 568 g/mol. The normalized spacial score (nSPS) is 14.4. The standard InChI is InChI=1S/C36H28N4O3S/c1-23-12-16-26(17-13-23)33-32(34(41)39-29-10-4-3-5-11-29)24(2)38-36-40(33)35(42)31(44-36)20-25-14-18-30(19-15-25)43-22-28-9-7-6-8-27(28)21-37/h3-20,33H,22H2,1-2H3,(H,39,41)/b31-20+/t33-/m0/s1. The molecule has 1 aliphatic rings. The highest BCUT2D eigenvalue weighted by atomic mass is 32.1. The van der Waals surface area contributed by atoms with Crippen molar-refractivity contribution < 1.29 is 9.53 Å². The molecule has 0 unspecified atom stereocenters. The van der Waals surface area contributed by atoms with Crippen LogP contribution >= 0.6 is 11.3 Å². The molecule has 7 nitrogen and oxygen atoms in total. The van der Waals surface area contributed by atoms with Crippen LogP contribution in [0.4, 0.5) is 5.69 Å². The van der Waals surface area contributed by atoms with Gasteiger partial charge in [0.25, 0.3) is 11.5 Å². The zero-order valence-electron chi connectivity index (χ0n) is 24.2. The van der Waals surface area contributed by atoms with Gasteiger partial charge < -0.3 is 10.1 Å². The van der Waals surface area contributed by atoms with E-state index >= 15 is 0 Å². The number of para-hydroxylation sites is 1. The molecule has 1 atom stereocenters. The van der Waals surface area contributed by atoms with Crippen LogP contribution < -0.4 is 24.9 Å². The van der Waals surface area contributed by atoms with E-state index in [2.05, 4.69) is 11.4 Å². The Morgan fingerprint density at radius 2 is 1.68 bits per heavy atom. The Morgan fingerprint density at radius 1 is 0.977 bits per heavy atom. The number of carbonyl (C=O) groups excluding carboxylic acids is 1. The second-order valence-electron chi connectivity index (χ2n) is 10.4. The minimum atomic E-state index is -0.634. The summed E-state index contributed by atoms with van der Waals surface area (Å²) in [6, 6.07) is 33.4. The lowest BCUT2D eigenvalue weighted by atomic mass is 9.94. The van der Waals surface area contributed by atoms with Crippen molar-refractivity contribution in [2.24, 2.45) is 4.99 Å². The molecule has 44 heavy (non-hydrogen) atoms. The smallest absolute Gasteiger partial charge is 0.271 e. The number of carbonyl (C=O) groups is 1. The molecule has 1 aromatic heterocycles. The monoisotopic (exact) mass is 596 g/mol. The number of ether oxygens (including phenoxy) is 1.